The van der Waals surface area contributed by atoms with Crippen molar-refractivity contribution < 1.29 is 14.6 Å². The van der Waals surface area contributed by atoms with Crippen molar-refractivity contribution in [2.24, 2.45) is 0 Å². The average Bonchev–Trinajstić information content (AvgIpc) is 2.41. The van der Waals surface area contributed by atoms with Gasteiger partial charge in [-0.1, -0.05) is 19.1 Å². The van der Waals surface area contributed by atoms with Gasteiger partial charge in [0.25, 0.3) is 0 Å². The lowest BCUT2D eigenvalue weighted by molar-refractivity contribution is -0.122. The number of carbonyl (C=O) groups is 1. The van der Waals surface area contributed by atoms with Crippen LogP contribution < -0.4 is 10.1 Å². The number of carbonyl (C=O) groups excluding carboxylic acids is 1. The molecule has 0 aliphatic rings. The Bertz CT molecular complexity index is 396. The first-order valence-electron chi connectivity index (χ1n) is 6.66. The molecule has 1 amide bonds. The Labute approximate surface area is 114 Å². The number of ether oxygens (including phenoxy) is 1. The third-order valence-corrected chi connectivity index (χ3v) is 3.17. The molecule has 0 aliphatic carbocycles. The zero-order valence-electron chi connectivity index (χ0n) is 11.9. The highest BCUT2D eigenvalue weighted by molar-refractivity contribution is 5.79. The molecule has 106 valence electrons. The number of hydrogen-bond acceptors (Lipinski definition) is 3. The van der Waals surface area contributed by atoms with Gasteiger partial charge in [-0.3, -0.25) is 4.79 Å². The van der Waals surface area contributed by atoms with Gasteiger partial charge in [0.2, 0.25) is 5.91 Å². The summed E-state index contributed by atoms with van der Waals surface area (Å²) in [4.78, 5) is 11.9. The molecule has 4 nitrogen and oxygen atoms in total. The molecule has 0 aromatic heterocycles. The molecule has 0 spiro atoms. The van der Waals surface area contributed by atoms with E-state index in [2.05, 4.69) is 5.32 Å². The van der Waals surface area contributed by atoms with Crippen molar-refractivity contribution >= 4 is 5.91 Å². The summed E-state index contributed by atoms with van der Waals surface area (Å²) >= 11 is 0. The van der Waals surface area contributed by atoms with E-state index in [1.54, 1.807) is 0 Å². The van der Waals surface area contributed by atoms with Crippen LogP contribution in [0.15, 0.2) is 24.3 Å². The average molecular weight is 265 g/mol. The summed E-state index contributed by atoms with van der Waals surface area (Å²) in [5, 5.41) is 12.1. The third kappa shape index (κ3) is 4.91. The zero-order valence-corrected chi connectivity index (χ0v) is 11.9. The number of benzene rings is 1. The quantitative estimate of drug-likeness (QED) is 0.791. The van der Waals surface area contributed by atoms with Gasteiger partial charge in [-0.2, -0.15) is 0 Å². The van der Waals surface area contributed by atoms with E-state index in [1.807, 2.05) is 45.0 Å². The fourth-order valence-electron chi connectivity index (χ4n) is 1.68. The molecule has 1 aromatic rings. The van der Waals surface area contributed by atoms with Crippen LogP contribution in [0.1, 0.15) is 32.8 Å². The first-order chi connectivity index (χ1) is 9.03. The second-order valence-corrected chi connectivity index (χ2v) is 4.87. The van der Waals surface area contributed by atoms with Gasteiger partial charge >= 0.3 is 0 Å². The van der Waals surface area contributed by atoms with Crippen molar-refractivity contribution in [3.63, 3.8) is 0 Å². The summed E-state index contributed by atoms with van der Waals surface area (Å²) in [7, 11) is 0. The Morgan fingerprint density at radius 1 is 1.32 bits per heavy atom. The van der Waals surface area contributed by atoms with E-state index in [0.717, 1.165) is 11.3 Å². The Morgan fingerprint density at radius 3 is 2.42 bits per heavy atom. The highest BCUT2D eigenvalue weighted by Crippen LogP contribution is 2.13. The molecule has 4 heteroatoms. The van der Waals surface area contributed by atoms with E-state index in [1.165, 1.54) is 0 Å². The van der Waals surface area contributed by atoms with Gasteiger partial charge in [0, 0.05) is 0 Å². The van der Waals surface area contributed by atoms with Crippen molar-refractivity contribution in [2.45, 2.75) is 39.2 Å². The minimum Gasteiger partial charge on any atom is -0.494 e. The molecular formula is C15H23NO3. The van der Waals surface area contributed by atoms with E-state index in [9.17, 15) is 9.90 Å². The number of rotatable bonds is 7. The lowest BCUT2D eigenvalue weighted by Crippen LogP contribution is -2.48. The molecule has 1 aromatic carbocycles. The topological polar surface area (TPSA) is 58.6 Å². The zero-order chi connectivity index (χ0) is 14.3. The predicted octanol–water partition coefficient (Wildman–Crippen LogP) is 1.90. The second kappa shape index (κ2) is 7.14. The summed E-state index contributed by atoms with van der Waals surface area (Å²) in [5.74, 6) is 0.725. The molecule has 1 rings (SSSR count). The standard InChI is InChI=1S/C15H23NO3/c1-4-15(3,11-17)16-14(18)10-12-6-8-13(9-7-12)19-5-2/h6-9,17H,4-5,10-11H2,1-3H3,(H,16,18). The summed E-state index contributed by atoms with van der Waals surface area (Å²) in [6, 6.07) is 7.48. The highest BCUT2D eigenvalue weighted by atomic mass is 16.5. The Balaban J connectivity index is 2.57. The van der Waals surface area contributed by atoms with Crippen molar-refractivity contribution in [3.8, 4) is 5.75 Å². The van der Waals surface area contributed by atoms with E-state index in [4.69, 9.17) is 4.74 Å². The van der Waals surface area contributed by atoms with Gasteiger partial charge in [0.15, 0.2) is 0 Å². The Morgan fingerprint density at radius 2 is 1.95 bits per heavy atom. The maximum absolute atomic E-state index is 11.9. The SMILES string of the molecule is CCOc1ccc(CC(=O)NC(C)(CC)CO)cc1. The number of amides is 1. The van der Waals surface area contributed by atoms with Crippen LogP contribution in [0.25, 0.3) is 0 Å². The Hall–Kier alpha value is -1.55. The number of nitrogens with one attached hydrogen (secondary N) is 1. The lowest BCUT2D eigenvalue weighted by atomic mass is 9.99. The molecule has 0 radical (unpaired) electrons. The number of hydrogen-bond donors (Lipinski definition) is 2. The van der Waals surface area contributed by atoms with Gasteiger partial charge in [-0.15, -0.1) is 0 Å². The molecule has 19 heavy (non-hydrogen) atoms. The maximum atomic E-state index is 11.9. The minimum atomic E-state index is -0.539. The second-order valence-electron chi connectivity index (χ2n) is 4.87. The summed E-state index contributed by atoms with van der Waals surface area (Å²) in [6.45, 7) is 6.28. The van der Waals surface area contributed by atoms with Gasteiger partial charge in [0.1, 0.15) is 5.75 Å². The predicted molar refractivity (Wildman–Crippen MR) is 75.2 cm³/mol. The first kappa shape index (κ1) is 15.5. The van der Waals surface area contributed by atoms with Crippen LogP contribution in [0.2, 0.25) is 0 Å². The van der Waals surface area contributed by atoms with E-state index in [0.29, 0.717) is 19.4 Å². The normalized spacial score (nSPS) is 13.7. The first-order valence-corrected chi connectivity index (χ1v) is 6.66. The van der Waals surface area contributed by atoms with Crippen molar-refractivity contribution in [1.29, 1.82) is 0 Å². The van der Waals surface area contributed by atoms with Crippen LogP contribution in [0.3, 0.4) is 0 Å². The minimum absolute atomic E-state index is 0.0570. The van der Waals surface area contributed by atoms with E-state index in [-0.39, 0.29) is 12.5 Å². The molecular weight excluding hydrogens is 242 g/mol. The van der Waals surface area contributed by atoms with Crippen molar-refractivity contribution in [1.82, 2.24) is 5.32 Å². The van der Waals surface area contributed by atoms with Crippen LogP contribution in [0, 0.1) is 0 Å². The summed E-state index contributed by atoms with van der Waals surface area (Å²) < 4.78 is 5.35. The summed E-state index contributed by atoms with van der Waals surface area (Å²) in [6.07, 6.45) is 1.00. The van der Waals surface area contributed by atoms with Crippen LogP contribution in [0.4, 0.5) is 0 Å². The third-order valence-electron chi connectivity index (χ3n) is 3.17. The molecule has 0 saturated carbocycles. The molecule has 0 fully saturated rings. The maximum Gasteiger partial charge on any atom is 0.224 e. The van der Waals surface area contributed by atoms with Gasteiger partial charge in [-0.05, 0) is 38.0 Å². The fraction of sp³-hybridized carbons (Fsp3) is 0.533. The number of aliphatic hydroxyl groups is 1. The highest BCUT2D eigenvalue weighted by Gasteiger charge is 2.22. The van der Waals surface area contributed by atoms with Crippen molar-refractivity contribution in [2.75, 3.05) is 13.2 Å². The van der Waals surface area contributed by atoms with Crippen LogP contribution in [-0.2, 0) is 11.2 Å². The molecule has 0 heterocycles. The molecule has 2 N–H and O–H groups in total. The molecule has 0 aliphatic heterocycles. The van der Waals surface area contributed by atoms with Gasteiger partial charge in [0.05, 0.1) is 25.2 Å². The molecule has 1 atom stereocenters. The van der Waals surface area contributed by atoms with Gasteiger partial charge < -0.3 is 15.2 Å². The number of aliphatic hydroxyl groups excluding tert-OH is 1. The summed E-state index contributed by atoms with van der Waals surface area (Å²) in [5.41, 5.74) is 0.389. The van der Waals surface area contributed by atoms with Crippen LogP contribution in [-0.4, -0.2) is 29.8 Å². The van der Waals surface area contributed by atoms with Crippen LogP contribution in [0.5, 0.6) is 5.75 Å². The Kier molecular flexibility index (Phi) is 5.83. The van der Waals surface area contributed by atoms with Crippen LogP contribution >= 0.6 is 0 Å². The molecule has 0 saturated heterocycles. The van der Waals surface area contributed by atoms with Crippen molar-refractivity contribution in [3.05, 3.63) is 29.8 Å². The monoisotopic (exact) mass is 265 g/mol. The fourth-order valence-corrected chi connectivity index (χ4v) is 1.68. The van der Waals surface area contributed by atoms with Gasteiger partial charge in [-0.25, -0.2) is 0 Å². The van der Waals surface area contributed by atoms with E-state index < -0.39 is 5.54 Å². The lowest BCUT2D eigenvalue weighted by Gasteiger charge is -2.27. The largest absolute Gasteiger partial charge is 0.494 e. The smallest absolute Gasteiger partial charge is 0.224 e. The van der Waals surface area contributed by atoms with E-state index >= 15 is 0 Å². The molecule has 0 bridgehead atoms. The molecule has 1 unspecified atom stereocenters.